The molecule has 1 heterocycles. The Kier molecular flexibility index (Phi) is 4.40. The smallest absolute Gasteiger partial charge is 0.140 e. The van der Waals surface area contributed by atoms with Crippen molar-refractivity contribution in [1.29, 1.82) is 0 Å². The van der Waals surface area contributed by atoms with E-state index in [1.165, 1.54) is 37.7 Å². The van der Waals surface area contributed by atoms with Crippen molar-refractivity contribution < 1.29 is 4.52 Å². The summed E-state index contributed by atoms with van der Waals surface area (Å²) in [5.41, 5.74) is 2.54. The molecule has 1 aliphatic rings. The molecule has 0 saturated carbocycles. The first-order chi connectivity index (χ1) is 7.92. The van der Waals surface area contributed by atoms with Crippen LogP contribution in [0.1, 0.15) is 56.0 Å². The van der Waals surface area contributed by atoms with E-state index in [0.29, 0.717) is 0 Å². The molecule has 0 radical (unpaired) electrons. The number of hydrogen-bond acceptors (Lipinski definition) is 3. The van der Waals surface area contributed by atoms with Crippen molar-refractivity contribution in [3.63, 3.8) is 0 Å². The number of aryl methyl sites for hydroxylation is 1. The SMILES string of the molecule is CCCNCc1noc2c1CCCCCC2. The zero-order chi connectivity index (χ0) is 11.2. The highest BCUT2D eigenvalue weighted by Gasteiger charge is 2.16. The van der Waals surface area contributed by atoms with Crippen molar-refractivity contribution in [2.75, 3.05) is 6.54 Å². The van der Waals surface area contributed by atoms with E-state index in [9.17, 15) is 0 Å². The molecule has 0 aromatic carbocycles. The lowest BCUT2D eigenvalue weighted by Crippen LogP contribution is -2.15. The molecule has 1 N–H and O–H groups in total. The molecule has 0 saturated heterocycles. The minimum atomic E-state index is 0.868. The number of aromatic nitrogens is 1. The Balaban J connectivity index is 2.01. The first kappa shape index (κ1) is 11.6. The number of nitrogens with zero attached hydrogens (tertiary/aromatic N) is 1. The number of hydrogen-bond donors (Lipinski definition) is 1. The molecule has 1 aromatic heterocycles. The lowest BCUT2D eigenvalue weighted by Gasteiger charge is -2.08. The second kappa shape index (κ2) is 6.04. The Hall–Kier alpha value is -0.830. The average molecular weight is 222 g/mol. The van der Waals surface area contributed by atoms with E-state index in [0.717, 1.165) is 37.4 Å². The lowest BCUT2D eigenvalue weighted by atomic mass is 9.97. The molecule has 2 rings (SSSR count). The molecule has 0 bridgehead atoms. The number of fused-ring (bicyclic) bond motifs is 1. The molecule has 0 atom stereocenters. The molecule has 0 aliphatic heterocycles. The van der Waals surface area contributed by atoms with Gasteiger partial charge in [0, 0.05) is 18.5 Å². The molecular weight excluding hydrogens is 200 g/mol. The zero-order valence-corrected chi connectivity index (χ0v) is 10.2. The highest BCUT2D eigenvalue weighted by atomic mass is 16.5. The van der Waals surface area contributed by atoms with Gasteiger partial charge in [-0.15, -0.1) is 0 Å². The maximum absolute atomic E-state index is 5.46. The van der Waals surface area contributed by atoms with Crippen molar-refractivity contribution in [3.8, 4) is 0 Å². The Morgan fingerprint density at radius 3 is 2.81 bits per heavy atom. The van der Waals surface area contributed by atoms with E-state index in [1.54, 1.807) is 0 Å². The minimum absolute atomic E-state index is 0.868. The van der Waals surface area contributed by atoms with E-state index in [-0.39, 0.29) is 0 Å². The highest BCUT2D eigenvalue weighted by molar-refractivity contribution is 5.23. The van der Waals surface area contributed by atoms with Crippen molar-refractivity contribution in [3.05, 3.63) is 17.0 Å². The van der Waals surface area contributed by atoms with Crippen LogP contribution in [0.25, 0.3) is 0 Å². The molecule has 0 fully saturated rings. The summed E-state index contributed by atoms with van der Waals surface area (Å²) in [6.45, 7) is 4.11. The molecule has 0 amide bonds. The summed E-state index contributed by atoms with van der Waals surface area (Å²) in [5, 5.41) is 7.62. The maximum Gasteiger partial charge on any atom is 0.140 e. The van der Waals surface area contributed by atoms with Gasteiger partial charge < -0.3 is 9.84 Å². The summed E-state index contributed by atoms with van der Waals surface area (Å²) in [7, 11) is 0. The van der Waals surface area contributed by atoms with Crippen LogP contribution in [-0.2, 0) is 19.4 Å². The van der Waals surface area contributed by atoms with E-state index in [4.69, 9.17) is 4.52 Å². The van der Waals surface area contributed by atoms with Crippen LogP contribution in [0.3, 0.4) is 0 Å². The van der Waals surface area contributed by atoms with Gasteiger partial charge in [0.1, 0.15) is 11.5 Å². The van der Waals surface area contributed by atoms with Gasteiger partial charge in [0.25, 0.3) is 0 Å². The second-order valence-corrected chi connectivity index (χ2v) is 4.62. The first-order valence-corrected chi connectivity index (χ1v) is 6.59. The molecule has 90 valence electrons. The van der Waals surface area contributed by atoms with Crippen molar-refractivity contribution in [1.82, 2.24) is 10.5 Å². The summed E-state index contributed by atoms with van der Waals surface area (Å²) in [5.74, 6) is 1.15. The molecule has 0 spiro atoms. The van der Waals surface area contributed by atoms with Gasteiger partial charge in [-0.25, -0.2) is 0 Å². The molecule has 3 heteroatoms. The Morgan fingerprint density at radius 1 is 1.19 bits per heavy atom. The maximum atomic E-state index is 5.46. The number of rotatable bonds is 4. The van der Waals surface area contributed by atoms with Crippen LogP contribution in [-0.4, -0.2) is 11.7 Å². The van der Waals surface area contributed by atoms with Gasteiger partial charge in [-0.1, -0.05) is 24.9 Å². The lowest BCUT2D eigenvalue weighted by molar-refractivity contribution is 0.368. The topological polar surface area (TPSA) is 38.1 Å². The third-order valence-corrected chi connectivity index (χ3v) is 3.25. The van der Waals surface area contributed by atoms with Gasteiger partial charge in [0.05, 0.1) is 0 Å². The number of nitrogens with one attached hydrogen (secondary N) is 1. The van der Waals surface area contributed by atoms with Crippen molar-refractivity contribution in [2.24, 2.45) is 0 Å². The van der Waals surface area contributed by atoms with Gasteiger partial charge in [-0.05, 0) is 32.2 Å². The zero-order valence-electron chi connectivity index (χ0n) is 10.2. The van der Waals surface area contributed by atoms with Gasteiger partial charge in [0.15, 0.2) is 0 Å². The Bertz CT molecular complexity index is 320. The molecule has 1 aliphatic carbocycles. The quantitative estimate of drug-likeness (QED) is 0.796. The van der Waals surface area contributed by atoms with Gasteiger partial charge >= 0.3 is 0 Å². The van der Waals surface area contributed by atoms with E-state index < -0.39 is 0 Å². The summed E-state index contributed by atoms with van der Waals surface area (Å²) < 4.78 is 5.46. The minimum Gasteiger partial charge on any atom is -0.361 e. The van der Waals surface area contributed by atoms with Crippen LogP contribution >= 0.6 is 0 Å². The van der Waals surface area contributed by atoms with Gasteiger partial charge in [-0.2, -0.15) is 0 Å². The second-order valence-electron chi connectivity index (χ2n) is 4.62. The molecule has 1 aromatic rings. The molecular formula is C13H22N2O. The molecule has 0 unspecified atom stereocenters. The van der Waals surface area contributed by atoms with Gasteiger partial charge in [-0.3, -0.25) is 0 Å². The Labute approximate surface area is 97.6 Å². The van der Waals surface area contributed by atoms with Crippen LogP contribution in [0.5, 0.6) is 0 Å². The Morgan fingerprint density at radius 2 is 2.00 bits per heavy atom. The largest absolute Gasteiger partial charge is 0.361 e. The predicted octanol–water partition coefficient (Wildman–Crippen LogP) is 2.83. The predicted molar refractivity (Wildman–Crippen MR) is 64.4 cm³/mol. The average Bonchev–Trinajstić information content (AvgIpc) is 2.60. The van der Waals surface area contributed by atoms with Crippen molar-refractivity contribution >= 4 is 0 Å². The molecule has 3 nitrogen and oxygen atoms in total. The third-order valence-electron chi connectivity index (χ3n) is 3.25. The van der Waals surface area contributed by atoms with Crippen LogP contribution < -0.4 is 5.32 Å². The molecule has 16 heavy (non-hydrogen) atoms. The normalized spacial score (nSPS) is 16.6. The van der Waals surface area contributed by atoms with Crippen LogP contribution in [0.15, 0.2) is 4.52 Å². The summed E-state index contributed by atoms with van der Waals surface area (Å²) in [6, 6.07) is 0. The monoisotopic (exact) mass is 222 g/mol. The van der Waals surface area contributed by atoms with Crippen molar-refractivity contribution in [2.45, 2.75) is 58.4 Å². The van der Waals surface area contributed by atoms with E-state index >= 15 is 0 Å². The summed E-state index contributed by atoms with van der Waals surface area (Å²) >= 11 is 0. The standard InChI is InChI=1S/C13H22N2O/c1-2-9-14-10-12-11-7-5-3-4-6-8-13(11)16-15-12/h14H,2-10H2,1H3. The van der Waals surface area contributed by atoms with Crippen LogP contribution in [0.4, 0.5) is 0 Å². The first-order valence-electron chi connectivity index (χ1n) is 6.59. The van der Waals surface area contributed by atoms with E-state index in [2.05, 4.69) is 17.4 Å². The fourth-order valence-corrected chi connectivity index (χ4v) is 2.32. The van der Waals surface area contributed by atoms with E-state index in [1.807, 2.05) is 0 Å². The van der Waals surface area contributed by atoms with Crippen LogP contribution in [0.2, 0.25) is 0 Å². The fraction of sp³-hybridized carbons (Fsp3) is 0.769. The van der Waals surface area contributed by atoms with Gasteiger partial charge in [0.2, 0.25) is 0 Å². The van der Waals surface area contributed by atoms with Crippen LogP contribution in [0, 0.1) is 0 Å². The fourth-order valence-electron chi connectivity index (χ4n) is 2.32. The highest BCUT2D eigenvalue weighted by Crippen LogP contribution is 2.22. The summed E-state index contributed by atoms with van der Waals surface area (Å²) in [6.07, 6.45) is 8.63. The summed E-state index contributed by atoms with van der Waals surface area (Å²) in [4.78, 5) is 0. The third kappa shape index (κ3) is 2.85.